The molecule has 21 heavy (non-hydrogen) atoms. The lowest BCUT2D eigenvalue weighted by Gasteiger charge is -2.34. The zero-order valence-corrected chi connectivity index (χ0v) is 12.3. The maximum Gasteiger partial charge on any atom is 0.306 e. The minimum Gasteiger partial charge on any atom is -0.497 e. The van der Waals surface area contributed by atoms with Crippen molar-refractivity contribution in [2.75, 3.05) is 13.7 Å². The predicted octanol–water partition coefficient (Wildman–Crippen LogP) is 1.79. The molecule has 0 saturated heterocycles. The van der Waals surface area contributed by atoms with Gasteiger partial charge in [-0.3, -0.25) is 4.79 Å². The second-order valence-corrected chi connectivity index (χ2v) is 5.79. The van der Waals surface area contributed by atoms with Crippen molar-refractivity contribution < 1.29 is 19.7 Å². The molecule has 0 heterocycles. The summed E-state index contributed by atoms with van der Waals surface area (Å²) in [6.07, 6.45) is 2.17. The van der Waals surface area contributed by atoms with Crippen LogP contribution < -0.4 is 10.1 Å². The number of hydrogen-bond donors (Lipinski definition) is 3. The summed E-state index contributed by atoms with van der Waals surface area (Å²) in [4.78, 5) is 10.9. The molecular formula is C16H23NO4. The number of carbonyl (C=O) groups is 1. The van der Waals surface area contributed by atoms with Crippen LogP contribution in [0.3, 0.4) is 0 Å². The fourth-order valence-corrected chi connectivity index (χ4v) is 2.80. The standard InChI is InChI=1S/C16H23NO4/c1-21-14-4-2-3-12(9-14)10-17-11-16(20)7-5-13(6-8-16)15(18)19/h2-4,9,13,17,20H,5-8,10-11H2,1H3,(H,18,19). The fraction of sp³-hybridized carbons (Fsp3) is 0.562. The van der Waals surface area contributed by atoms with Gasteiger partial charge in [0, 0.05) is 13.1 Å². The molecule has 3 N–H and O–H groups in total. The van der Waals surface area contributed by atoms with Gasteiger partial charge < -0.3 is 20.3 Å². The van der Waals surface area contributed by atoms with Gasteiger partial charge in [0.15, 0.2) is 0 Å². The number of rotatable bonds is 6. The van der Waals surface area contributed by atoms with Gasteiger partial charge in [-0.15, -0.1) is 0 Å². The first kappa shape index (κ1) is 15.8. The Hall–Kier alpha value is -1.59. The average molecular weight is 293 g/mol. The van der Waals surface area contributed by atoms with Crippen molar-refractivity contribution in [3.8, 4) is 5.75 Å². The van der Waals surface area contributed by atoms with E-state index in [1.807, 2.05) is 24.3 Å². The highest BCUT2D eigenvalue weighted by molar-refractivity contribution is 5.70. The number of carboxylic acid groups (broad SMARTS) is 1. The summed E-state index contributed by atoms with van der Waals surface area (Å²) in [5.41, 5.74) is 0.308. The molecule has 0 spiro atoms. The van der Waals surface area contributed by atoms with Crippen LogP contribution in [-0.4, -0.2) is 35.4 Å². The summed E-state index contributed by atoms with van der Waals surface area (Å²) in [6, 6.07) is 7.78. The van der Waals surface area contributed by atoms with Crippen LogP contribution in [0.5, 0.6) is 5.75 Å². The Morgan fingerprint density at radius 3 is 2.76 bits per heavy atom. The van der Waals surface area contributed by atoms with E-state index in [4.69, 9.17) is 9.84 Å². The molecule has 1 aliphatic carbocycles. The van der Waals surface area contributed by atoms with Gasteiger partial charge in [0.05, 0.1) is 18.6 Å². The molecule has 0 atom stereocenters. The molecule has 0 amide bonds. The Bertz CT molecular complexity index is 481. The highest BCUT2D eigenvalue weighted by Gasteiger charge is 2.35. The Balaban J connectivity index is 1.79. The van der Waals surface area contributed by atoms with Gasteiger partial charge in [0.2, 0.25) is 0 Å². The first-order valence-corrected chi connectivity index (χ1v) is 7.31. The minimum atomic E-state index is -0.787. The van der Waals surface area contributed by atoms with Crippen LogP contribution in [0.25, 0.3) is 0 Å². The van der Waals surface area contributed by atoms with E-state index in [9.17, 15) is 9.90 Å². The second-order valence-electron chi connectivity index (χ2n) is 5.79. The quantitative estimate of drug-likeness (QED) is 0.745. The van der Waals surface area contributed by atoms with E-state index < -0.39 is 11.6 Å². The summed E-state index contributed by atoms with van der Waals surface area (Å²) < 4.78 is 5.17. The Kier molecular flexibility index (Phi) is 5.20. The van der Waals surface area contributed by atoms with Crippen molar-refractivity contribution in [2.45, 2.75) is 37.8 Å². The molecule has 116 valence electrons. The summed E-state index contributed by atoms with van der Waals surface area (Å²) in [7, 11) is 1.64. The highest BCUT2D eigenvalue weighted by atomic mass is 16.5. The second kappa shape index (κ2) is 6.91. The van der Waals surface area contributed by atoms with Crippen molar-refractivity contribution in [1.29, 1.82) is 0 Å². The third-order valence-electron chi connectivity index (χ3n) is 4.18. The van der Waals surface area contributed by atoms with Gasteiger partial charge in [-0.05, 0) is 43.4 Å². The molecule has 5 nitrogen and oxygen atoms in total. The molecule has 2 rings (SSSR count). The number of nitrogens with one attached hydrogen (secondary N) is 1. The Morgan fingerprint density at radius 2 is 2.14 bits per heavy atom. The average Bonchev–Trinajstić information content (AvgIpc) is 2.48. The van der Waals surface area contributed by atoms with Crippen LogP contribution in [0.1, 0.15) is 31.2 Å². The lowest BCUT2D eigenvalue weighted by atomic mass is 9.79. The molecule has 0 aliphatic heterocycles. The van der Waals surface area contributed by atoms with Crippen molar-refractivity contribution in [2.24, 2.45) is 5.92 Å². The predicted molar refractivity (Wildman–Crippen MR) is 79.2 cm³/mol. The van der Waals surface area contributed by atoms with E-state index in [2.05, 4.69) is 5.32 Å². The van der Waals surface area contributed by atoms with Crippen LogP contribution in [-0.2, 0) is 11.3 Å². The monoisotopic (exact) mass is 293 g/mol. The molecule has 1 aromatic rings. The number of methoxy groups -OCH3 is 1. The van der Waals surface area contributed by atoms with Crippen LogP contribution >= 0.6 is 0 Å². The number of aliphatic hydroxyl groups is 1. The van der Waals surface area contributed by atoms with Gasteiger partial charge in [0.25, 0.3) is 0 Å². The SMILES string of the molecule is COc1cccc(CNCC2(O)CCC(C(=O)O)CC2)c1. The van der Waals surface area contributed by atoms with Crippen molar-refractivity contribution in [1.82, 2.24) is 5.32 Å². The number of hydrogen-bond acceptors (Lipinski definition) is 4. The molecule has 1 saturated carbocycles. The summed E-state index contributed by atoms with van der Waals surface area (Å²) in [5, 5.41) is 22.7. The Morgan fingerprint density at radius 1 is 1.43 bits per heavy atom. The van der Waals surface area contributed by atoms with Crippen molar-refractivity contribution in [3.05, 3.63) is 29.8 Å². The van der Waals surface area contributed by atoms with E-state index in [0.717, 1.165) is 11.3 Å². The smallest absolute Gasteiger partial charge is 0.306 e. The zero-order chi connectivity index (χ0) is 15.3. The minimum absolute atomic E-state index is 0.302. The third-order valence-corrected chi connectivity index (χ3v) is 4.18. The molecule has 0 bridgehead atoms. The van der Waals surface area contributed by atoms with E-state index in [1.54, 1.807) is 7.11 Å². The fourth-order valence-electron chi connectivity index (χ4n) is 2.80. The molecular weight excluding hydrogens is 270 g/mol. The van der Waals surface area contributed by atoms with E-state index in [0.29, 0.717) is 38.8 Å². The van der Waals surface area contributed by atoms with Gasteiger partial charge in [0.1, 0.15) is 5.75 Å². The number of aliphatic carboxylic acids is 1. The molecule has 1 aromatic carbocycles. The topological polar surface area (TPSA) is 78.8 Å². The lowest BCUT2D eigenvalue weighted by molar-refractivity contribution is -0.144. The maximum absolute atomic E-state index is 10.9. The molecule has 0 aromatic heterocycles. The first-order chi connectivity index (χ1) is 10.0. The van der Waals surface area contributed by atoms with Gasteiger partial charge in [-0.25, -0.2) is 0 Å². The zero-order valence-electron chi connectivity index (χ0n) is 12.3. The van der Waals surface area contributed by atoms with Crippen LogP contribution in [0, 0.1) is 5.92 Å². The highest BCUT2D eigenvalue weighted by Crippen LogP contribution is 2.31. The number of ether oxygens (including phenoxy) is 1. The maximum atomic E-state index is 10.9. The third kappa shape index (κ3) is 4.44. The van der Waals surface area contributed by atoms with Gasteiger partial charge in [-0.2, -0.15) is 0 Å². The normalized spacial score (nSPS) is 25.5. The summed E-state index contributed by atoms with van der Waals surface area (Å²) >= 11 is 0. The number of carboxylic acids is 1. The van der Waals surface area contributed by atoms with E-state index in [1.165, 1.54) is 0 Å². The molecule has 0 unspecified atom stereocenters. The van der Waals surface area contributed by atoms with Crippen LogP contribution in [0.15, 0.2) is 24.3 Å². The first-order valence-electron chi connectivity index (χ1n) is 7.31. The Labute approximate surface area is 124 Å². The summed E-state index contributed by atoms with van der Waals surface area (Å²) in [6.45, 7) is 1.14. The number of benzene rings is 1. The molecule has 5 heteroatoms. The van der Waals surface area contributed by atoms with E-state index >= 15 is 0 Å². The van der Waals surface area contributed by atoms with Gasteiger partial charge >= 0.3 is 5.97 Å². The van der Waals surface area contributed by atoms with Crippen LogP contribution in [0.2, 0.25) is 0 Å². The van der Waals surface area contributed by atoms with Gasteiger partial charge in [-0.1, -0.05) is 12.1 Å². The molecule has 0 radical (unpaired) electrons. The molecule has 1 fully saturated rings. The van der Waals surface area contributed by atoms with Crippen molar-refractivity contribution >= 4 is 5.97 Å². The largest absolute Gasteiger partial charge is 0.497 e. The van der Waals surface area contributed by atoms with E-state index in [-0.39, 0.29) is 5.92 Å². The van der Waals surface area contributed by atoms with Crippen LogP contribution in [0.4, 0.5) is 0 Å². The van der Waals surface area contributed by atoms with Crippen molar-refractivity contribution in [3.63, 3.8) is 0 Å². The lowest BCUT2D eigenvalue weighted by Crippen LogP contribution is -2.44. The summed E-state index contributed by atoms with van der Waals surface area (Å²) in [5.74, 6) is -0.236. The molecule has 1 aliphatic rings.